The second-order valence-electron chi connectivity index (χ2n) is 7.15. The predicted octanol–water partition coefficient (Wildman–Crippen LogP) is 4.60. The zero-order chi connectivity index (χ0) is 20.8. The third-order valence-electron chi connectivity index (χ3n) is 4.94. The van der Waals surface area contributed by atoms with Crippen LogP contribution in [0.1, 0.15) is 34.3 Å². The van der Waals surface area contributed by atoms with Gasteiger partial charge in [-0.3, -0.25) is 10.1 Å². The van der Waals surface area contributed by atoms with Gasteiger partial charge in [0.15, 0.2) is 5.13 Å². The first-order valence-corrected chi connectivity index (χ1v) is 11.9. The van der Waals surface area contributed by atoms with Crippen molar-refractivity contribution in [1.82, 2.24) is 9.29 Å². The van der Waals surface area contributed by atoms with E-state index in [2.05, 4.69) is 10.3 Å². The lowest BCUT2D eigenvalue weighted by molar-refractivity contribution is 0.102. The van der Waals surface area contributed by atoms with Crippen LogP contribution in [0.4, 0.5) is 5.13 Å². The molecule has 1 aliphatic rings. The number of hydrogen-bond acceptors (Lipinski definition) is 5. The molecule has 1 amide bonds. The van der Waals surface area contributed by atoms with Gasteiger partial charge in [0.05, 0.1) is 25.7 Å². The van der Waals surface area contributed by atoms with Crippen molar-refractivity contribution < 1.29 is 13.2 Å². The molecule has 9 heteroatoms. The number of nitrogens with one attached hydrogen (secondary N) is 1. The highest BCUT2D eigenvalue weighted by atomic mass is 35.5. The van der Waals surface area contributed by atoms with E-state index in [-0.39, 0.29) is 15.5 Å². The predicted molar refractivity (Wildman–Crippen MR) is 116 cm³/mol. The lowest BCUT2D eigenvalue weighted by Gasteiger charge is -2.16. The first kappa shape index (κ1) is 20.3. The van der Waals surface area contributed by atoms with Crippen LogP contribution in [-0.4, -0.2) is 36.7 Å². The van der Waals surface area contributed by atoms with Crippen molar-refractivity contribution in [3.05, 3.63) is 52.0 Å². The number of hydrogen-bond donors (Lipinski definition) is 1. The van der Waals surface area contributed by atoms with Gasteiger partial charge in [-0.15, -0.1) is 0 Å². The van der Waals surface area contributed by atoms with Gasteiger partial charge in [-0.25, -0.2) is 13.4 Å². The summed E-state index contributed by atoms with van der Waals surface area (Å²) in [4.78, 5) is 17.4. The van der Waals surface area contributed by atoms with Crippen LogP contribution >= 0.6 is 22.9 Å². The summed E-state index contributed by atoms with van der Waals surface area (Å²) in [6.07, 6.45) is 1.69. The molecule has 0 saturated carbocycles. The number of carbonyl (C=O) groups is 1. The maximum atomic E-state index is 12.8. The Morgan fingerprint density at radius 3 is 2.62 bits per heavy atom. The van der Waals surface area contributed by atoms with Gasteiger partial charge >= 0.3 is 0 Å². The Kier molecular flexibility index (Phi) is 5.37. The van der Waals surface area contributed by atoms with Gasteiger partial charge in [0.25, 0.3) is 5.91 Å². The molecule has 3 aromatic rings. The molecular weight excluding hydrogens is 430 g/mol. The zero-order valence-electron chi connectivity index (χ0n) is 16.0. The van der Waals surface area contributed by atoms with Crippen LogP contribution in [-0.2, 0) is 10.0 Å². The van der Waals surface area contributed by atoms with E-state index in [0.717, 1.165) is 34.2 Å². The number of halogens is 1. The molecular formula is C20H20ClN3O3S2. The third-order valence-corrected chi connectivity index (χ3v) is 8.08. The fraction of sp³-hybridized carbons (Fsp3) is 0.300. The number of aryl methyl sites for hydroxylation is 2. The number of thiazole rings is 1. The summed E-state index contributed by atoms with van der Waals surface area (Å²) in [5, 5.41) is 3.40. The highest BCUT2D eigenvalue weighted by molar-refractivity contribution is 7.89. The second kappa shape index (κ2) is 7.68. The van der Waals surface area contributed by atoms with Crippen LogP contribution in [0.5, 0.6) is 0 Å². The fourth-order valence-corrected chi connectivity index (χ4v) is 6.29. The summed E-state index contributed by atoms with van der Waals surface area (Å²) in [5.41, 5.74) is 3.11. The van der Waals surface area contributed by atoms with Gasteiger partial charge in [0.2, 0.25) is 10.0 Å². The molecule has 1 fully saturated rings. The first-order valence-electron chi connectivity index (χ1n) is 9.24. The second-order valence-corrected chi connectivity index (χ2v) is 10.5. The van der Waals surface area contributed by atoms with E-state index in [4.69, 9.17) is 11.6 Å². The third kappa shape index (κ3) is 3.90. The van der Waals surface area contributed by atoms with Gasteiger partial charge in [0.1, 0.15) is 0 Å². The van der Waals surface area contributed by atoms with Crippen molar-refractivity contribution in [3.8, 4) is 0 Å². The number of fused-ring (bicyclic) bond motifs is 1. The molecule has 1 aliphatic heterocycles. The normalized spacial score (nSPS) is 15.1. The molecule has 2 aromatic carbocycles. The minimum Gasteiger partial charge on any atom is -0.298 e. The van der Waals surface area contributed by atoms with E-state index in [1.807, 2.05) is 26.0 Å². The molecule has 1 N–H and O–H groups in total. The van der Waals surface area contributed by atoms with Gasteiger partial charge < -0.3 is 0 Å². The Morgan fingerprint density at radius 1 is 1.17 bits per heavy atom. The van der Waals surface area contributed by atoms with Crippen molar-refractivity contribution in [2.45, 2.75) is 31.6 Å². The number of anilines is 1. The maximum absolute atomic E-state index is 12.8. The van der Waals surface area contributed by atoms with Gasteiger partial charge in [-0.2, -0.15) is 4.31 Å². The SMILES string of the molecule is Cc1cc(C)c2nc(NC(=O)c3cc(S(=O)(=O)N4CCCC4)ccc3Cl)sc2c1. The quantitative estimate of drug-likeness (QED) is 0.631. The number of carbonyl (C=O) groups excluding carboxylic acids is 1. The summed E-state index contributed by atoms with van der Waals surface area (Å²) in [6, 6.07) is 8.29. The van der Waals surface area contributed by atoms with Crippen LogP contribution < -0.4 is 5.32 Å². The van der Waals surface area contributed by atoms with Crippen LogP contribution in [0.3, 0.4) is 0 Å². The average Bonchev–Trinajstić information content (AvgIpc) is 3.32. The topological polar surface area (TPSA) is 79.4 Å². The number of rotatable bonds is 4. The molecule has 1 aromatic heterocycles. The standard InChI is InChI=1S/C20H20ClN3O3S2/c1-12-9-13(2)18-17(10-12)28-20(22-18)23-19(25)15-11-14(5-6-16(15)21)29(26,27)24-7-3-4-8-24/h5-6,9-11H,3-4,7-8H2,1-2H3,(H,22,23,25). The number of benzene rings is 2. The van der Waals surface area contributed by atoms with Crippen molar-refractivity contribution in [2.24, 2.45) is 0 Å². The smallest absolute Gasteiger partial charge is 0.259 e. The molecule has 0 bridgehead atoms. The summed E-state index contributed by atoms with van der Waals surface area (Å²) >= 11 is 7.58. The lowest BCUT2D eigenvalue weighted by atomic mass is 10.1. The van der Waals surface area contributed by atoms with Crippen molar-refractivity contribution in [2.75, 3.05) is 18.4 Å². The Morgan fingerprint density at radius 2 is 1.90 bits per heavy atom. The minimum atomic E-state index is -3.63. The van der Waals surface area contributed by atoms with E-state index in [1.54, 1.807) is 0 Å². The Balaban J connectivity index is 1.64. The zero-order valence-corrected chi connectivity index (χ0v) is 18.4. The Hall–Kier alpha value is -2.00. The van der Waals surface area contributed by atoms with Crippen molar-refractivity contribution >= 4 is 54.2 Å². The average molecular weight is 450 g/mol. The molecule has 0 atom stereocenters. The van der Waals surface area contributed by atoms with Crippen molar-refractivity contribution in [1.29, 1.82) is 0 Å². The molecule has 4 rings (SSSR count). The van der Waals surface area contributed by atoms with E-state index < -0.39 is 15.9 Å². The lowest BCUT2D eigenvalue weighted by Crippen LogP contribution is -2.28. The summed E-state index contributed by atoms with van der Waals surface area (Å²) in [6.45, 7) is 4.98. The number of sulfonamides is 1. The molecule has 0 unspecified atom stereocenters. The van der Waals surface area contributed by atoms with Crippen LogP contribution in [0.25, 0.3) is 10.2 Å². The first-order chi connectivity index (χ1) is 13.8. The van der Waals surface area contributed by atoms with Gasteiger partial charge in [-0.05, 0) is 62.1 Å². The molecule has 0 spiro atoms. The number of aromatic nitrogens is 1. The molecule has 6 nitrogen and oxygen atoms in total. The van der Waals surface area contributed by atoms with E-state index in [0.29, 0.717) is 18.2 Å². The molecule has 1 saturated heterocycles. The molecule has 152 valence electrons. The molecule has 0 aliphatic carbocycles. The van der Waals surface area contributed by atoms with Crippen LogP contribution in [0.2, 0.25) is 5.02 Å². The molecule has 2 heterocycles. The van der Waals surface area contributed by atoms with Crippen LogP contribution in [0.15, 0.2) is 35.2 Å². The highest BCUT2D eigenvalue weighted by Gasteiger charge is 2.28. The van der Waals surface area contributed by atoms with Crippen molar-refractivity contribution in [3.63, 3.8) is 0 Å². The van der Waals surface area contributed by atoms with E-state index in [1.165, 1.54) is 33.8 Å². The minimum absolute atomic E-state index is 0.0738. The van der Waals surface area contributed by atoms with E-state index >= 15 is 0 Å². The van der Waals surface area contributed by atoms with E-state index in [9.17, 15) is 13.2 Å². The molecule has 29 heavy (non-hydrogen) atoms. The summed E-state index contributed by atoms with van der Waals surface area (Å²) in [5.74, 6) is -0.484. The molecule has 0 radical (unpaired) electrons. The number of amides is 1. The maximum Gasteiger partial charge on any atom is 0.259 e. The summed E-state index contributed by atoms with van der Waals surface area (Å²) < 4.78 is 28.0. The summed E-state index contributed by atoms with van der Waals surface area (Å²) in [7, 11) is -3.63. The largest absolute Gasteiger partial charge is 0.298 e. The number of nitrogens with zero attached hydrogens (tertiary/aromatic N) is 2. The van der Waals surface area contributed by atoms with Crippen LogP contribution in [0, 0.1) is 13.8 Å². The van der Waals surface area contributed by atoms with Gasteiger partial charge in [-0.1, -0.05) is 29.0 Å². The monoisotopic (exact) mass is 449 g/mol. The highest BCUT2D eigenvalue weighted by Crippen LogP contribution is 2.31. The fourth-order valence-electron chi connectivity index (χ4n) is 3.50. The Bertz CT molecular complexity index is 1220. The van der Waals surface area contributed by atoms with Gasteiger partial charge in [0, 0.05) is 13.1 Å². The Labute approximate surface area is 178 Å².